The lowest BCUT2D eigenvalue weighted by atomic mass is 11.8. The van der Waals surface area contributed by atoms with Crippen LogP contribution in [-0.4, -0.2) is 9.51 Å². The van der Waals surface area contributed by atoms with Crippen molar-refractivity contribution in [1.29, 1.82) is 0 Å². The van der Waals surface area contributed by atoms with Crippen LogP contribution in [0.4, 0.5) is 0 Å². The van der Waals surface area contributed by atoms with Crippen LogP contribution in [0, 0.1) is 0 Å². The van der Waals surface area contributed by atoms with E-state index in [1.54, 1.807) is 0 Å². The Morgan fingerprint density at radius 2 is 2.50 bits per heavy atom. The van der Waals surface area contributed by atoms with Gasteiger partial charge in [0.25, 0.3) is 0 Å². The van der Waals surface area contributed by atoms with Crippen LogP contribution in [0.3, 0.4) is 0 Å². The molecule has 6 heavy (non-hydrogen) atoms. The molecule has 0 aliphatic rings. The SMILES string of the molecule is O=[PH](O)OCI. The molecule has 0 saturated heterocycles. The van der Waals surface area contributed by atoms with Gasteiger partial charge in [-0.3, -0.25) is 4.57 Å². The quantitative estimate of drug-likeness (QED) is 0.426. The Labute approximate surface area is 49.8 Å². The van der Waals surface area contributed by atoms with Gasteiger partial charge >= 0.3 is 8.25 Å². The van der Waals surface area contributed by atoms with E-state index in [1.807, 2.05) is 22.6 Å². The van der Waals surface area contributed by atoms with Crippen LogP contribution >= 0.6 is 30.8 Å². The highest BCUT2D eigenvalue weighted by Crippen LogP contribution is 2.14. The van der Waals surface area contributed by atoms with E-state index in [0.717, 1.165) is 0 Å². The molecule has 0 bridgehead atoms. The molecule has 3 nitrogen and oxygen atoms in total. The Morgan fingerprint density at radius 3 is 2.50 bits per heavy atom. The highest BCUT2D eigenvalue weighted by molar-refractivity contribution is 14.1. The fourth-order valence-electron chi connectivity index (χ4n) is 0.0467. The van der Waals surface area contributed by atoms with Gasteiger partial charge in [0.15, 0.2) is 0 Å². The minimum atomic E-state index is -2.64. The first-order valence-corrected chi connectivity index (χ1v) is 3.98. The van der Waals surface area contributed by atoms with Crippen molar-refractivity contribution < 1.29 is 14.0 Å². The lowest BCUT2D eigenvalue weighted by Crippen LogP contribution is -1.67. The third-order valence-electron chi connectivity index (χ3n) is 0.178. The largest absolute Gasteiger partial charge is 0.326 e. The summed E-state index contributed by atoms with van der Waals surface area (Å²) in [6.07, 6.45) is 0. The first-order valence-electron chi connectivity index (χ1n) is 1.19. The third-order valence-corrected chi connectivity index (χ3v) is 1.47. The van der Waals surface area contributed by atoms with E-state index in [1.165, 1.54) is 0 Å². The zero-order valence-electron chi connectivity index (χ0n) is 2.85. The monoisotopic (exact) mass is 222 g/mol. The van der Waals surface area contributed by atoms with Crippen LogP contribution in [0.2, 0.25) is 0 Å². The molecular weight excluding hydrogens is 218 g/mol. The average molecular weight is 222 g/mol. The van der Waals surface area contributed by atoms with Gasteiger partial charge in [0.05, 0.1) is 0 Å². The minimum absolute atomic E-state index is 0.284. The first kappa shape index (κ1) is 6.88. The van der Waals surface area contributed by atoms with Crippen molar-refractivity contribution in [2.45, 2.75) is 0 Å². The number of halogens is 1. The highest BCUT2D eigenvalue weighted by Gasteiger charge is 1.82. The summed E-state index contributed by atoms with van der Waals surface area (Å²) < 4.78 is 14.0. The Kier molecular flexibility index (Phi) is 4.64. The molecule has 5 heteroatoms. The lowest BCUT2D eigenvalue weighted by Gasteiger charge is -1.85. The van der Waals surface area contributed by atoms with Gasteiger partial charge in [-0.25, -0.2) is 0 Å². The van der Waals surface area contributed by atoms with Gasteiger partial charge in [-0.05, 0) is 0 Å². The number of alkyl halides is 1. The molecule has 1 N–H and O–H groups in total. The van der Waals surface area contributed by atoms with Crippen LogP contribution in [0.1, 0.15) is 0 Å². The van der Waals surface area contributed by atoms with Gasteiger partial charge < -0.3 is 9.42 Å². The zero-order valence-corrected chi connectivity index (χ0v) is 6.01. The molecular formula is CH4IO3P. The summed E-state index contributed by atoms with van der Waals surface area (Å²) in [6, 6.07) is 0. The molecule has 0 aromatic carbocycles. The number of rotatable bonds is 2. The van der Waals surface area contributed by atoms with Crippen molar-refractivity contribution in [1.82, 2.24) is 0 Å². The van der Waals surface area contributed by atoms with Crippen LogP contribution < -0.4 is 0 Å². The second-order valence-corrected chi connectivity index (χ2v) is 1.96. The predicted molar refractivity (Wildman–Crippen MR) is 31.2 cm³/mol. The Balaban J connectivity index is 2.83. The van der Waals surface area contributed by atoms with Crippen LogP contribution in [0.25, 0.3) is 0 Å². The Morgan fingerprint density at radius 1 is 2.00 bits per heavy atom. The van der Waals surface area contributed by atoms with Crippen molar-refractivity contribution in [2.75, 3.05) is 4.61 Å². The summed E-state index contributed by atoms with van der Waals surface area (Å²) in [5.41, 5.74) is 0. The second-order valence-electron chi connectivity index (χ2n) is 0.519. The summed E-state index contributed by atoms with van der Waals surface area (Å²) in [5, 5.41) is 0. The van der Waals surface area contributed by atoms with Crippen LogP contribution in [0.5, 0.6) is 0 Å². The standard InChI is InChI=1S/CH4IO3P/c2-1-5-6(3)4/h6H,1H2,(H,3,4). The van der Waals surface area contributed by atoms with Crippen molar-refractivity contribution in [3.63, 3.8) is 0 Å². The Hall–Kier alpha value is 0.880. The zero-order chi connectivity index (χ0) is 4.99. The Bertz CT molecular complexity index is 54.8. The first-order chi connectivity index (χ1) is 2.77. The van der Waals surface area contributed by atoms with E-state index in [2.05, 4.69) is 4.52 Å². The van der Waals surface area contributed by atoms with E-state index < -0.39 is 8.25 Å². The molecule has 0 aromatic rings. The molecule has 0 rings (SSSR count). The average Bonchev–Trinajstić information content (AvgIpc) is 1.35. The fraction of sp³-hybridized carbons (Fsp3) is 1.00. The van der Waals surface area contributed by atoms with E-state index in [-0.39, 0.29) is 4.61 Å². The molecule has 1 atom stereocenters. The highest BCUT2D eigenvalue weighted by atomic mass is 127. The van der Waals surface area contributed by atoms with E-state index in [9.17, 15) is 4.57 Å². The molecule has 0 aliphatic heterocycles. The lowest BCUT2D eigenvalue weighted by molar-refractivity contribution is 0.338. The third kappa shape index (κ3) is 4.88. The maximum Gasteiger partial charge on any atom is 0.317 e. The van der Waals surface area contributed by atoms with Gasteiger partial charge in [0.2, 0.25) is 0 Å². The van der Waals surface area contributed by atoms with Crippen molar-refractivity contribution >= 4 is 30.8 Å². The second kappa shape index (κ2) is 4.05. The summed E-state index contributed by atoms with van der Waals surface area (Å²) in [4.78, 5) is 7.87. The minimum Gasteiger partial charge on any atom is -0.326 e. The van der Waals surface area contributed by atoms with Gasteiger partial charge in [-0.2, -0.15) is 0 Å². The molecule has 0 fully saturated rings. The van der Waals surface area contributed by atoms with Crippen molar-refractivity contribution in [3.05, 3.63) is 0 Å². The van der Waals surface area contributed by atoms with Crippen molar-refractivity contribution in [3.8, 4) is 0 Å². The fourth-order valence-corrected chi connectivity index (χ4v) is 0.939. The predicted octanol–water partition coefficient (Wildman–Crippen LogP) is 0.777. The maximum atomic E-state index is 9.56. The molecule has 0 spiro atoms. The van der Waals surface area contributed by atoms with Gasteiger partial charge in [0, 0.05) is 0 Å². The molecule has 0 aromatic heterocycles. The van der Waals surface area contributed by atoms with E-state index in [4.69, 9.17) is 4.89 Å². The van der Waals surface area contributed by atoms with E-state index >= 15 is 0 Å². The van der Waals surface area contributed by atoms with Gasteiger partial charge in [-0.1, -0.05) is 22.6 Å². The van der Waals surface area contributed by atoms with E-state index in [0.29, 0.717) is 0 Å². The van der Waals surface area contributed by atoms with Gasteiger partial charge in [0.1, 0.15) is 4.61 Å². The summed E-state index contributed by atoms with van der Waals surface area (Å²) in [6.45, 7) is 0. The topological polar surface area (TPSA) is 46.5 Å². The molecule has 1 unspecified atom stereocenters. The van der Waals surface area contributed by atoms with Crippen LogP contribution in [-0.2, 0) is 9.09 Å². The summed E-state index contributed by atoms with van der Waals surface area (Å²) in [5.74, 6) is 0. The van der Waals surface area contributed by atoms with Gasteiger partial charge in [-0.15, -0.1) is 0 Å². The molecule has 0 aliphatic carbocycles. The molecule has 0 saturated carbocycles. The summed E-state index contributed by atoms with van der Waals surface area (Å²) in [7, 11) is -2.64. The normalized spacial score (nSPS) is 14.3. The summed E-state index contributed by atoms with van der Waals surface area (Å²) >= 11 is 1.85. The molecule has 0 radical (unpaired) electrons. The maximum absolute atomic E-state index is 9.56. The van der Waals surface area contributed by atoms with Crippen LogP contribution in [0.15, 0.2) is 0 Å². The number of hydrogen-bond donors (Lipinski definition) is 1. The molecule has 0 amide bonds. The van der Waals surface area contributed by atoms with Crippen molar-refractivity contribution in [2.24, 2.45) is 0 Å². The molecule has 38 valence electrons. The number of hydrogen-bond acceptors (Lipinski definition) is 2. The molecule has 0 heterocycles. The smallest absolute Gasteiger partial charge is 0.317 e.